The van der Waals surface area contributed by atoms with Crippen molar-refractivity contribution in [3.63, 3.8) is 0 Å². The van der Waals surface area contributed by atoms with Crippen molar-refractivity contribution in [2.24, 2.45) is 0 Å². The fourth-order valence-electron chi connectivity index (χ4n) is 1.24. The second-order valence-electron chi connectivity index (χ2n) is 3.20. The Labute approximate surface area is 110 Å². The summed E-state index contributed by atoms with van der Waals surface area (Å²) in [5.41, 5.74) is 6.04. The van der Waals surface area contributed by atoms with Crippen molar-refractivity contribution in [1.82, 2.24) is 0 Å². The number of nitrogens with two attached hydrogens (primary N) is 1. The topological polar surface area (TPSA) is 26.0 Å². The van der Waals surface area contributed by atoms with Gasteiger partial charge in [-0.15, -0.1) is 23.1 Å². The van der Waals surface area contributed by atoms with Gasteiger partial charge < -0.3 is 5.73 Å². The molecule has 2 rings (SSSR count). The Balaban J connectivity index is 2.07. The molecule has 16 heavy (non-hydrogen) atoms. The monoisotopic (exact) mass is 317 g/mol. The molecule has 84 valence electrons. The summed E-state index contributed by atoms with van der Waals surface area (Å²) in [6, 6.07) is 6.63. The highest BCUT2D eigenvalue weighted by Crippen LogP contribution is 2.31. The number of rotatable bonds is 3. The fourth-order valence-corrected chi connectivity index (χ4v) is 4.02. The highest BCUT2D eigenvalue weighted by atomic mass is 79.9. The predicted octanol–water partition coefficient (Wildman–Crippen LogP) is 4.52. The molecule has 1 aromatic heterocycles. The molecule has 0 atom stereocenters. The molecule has 0 saturated carbocycles. The van der Waals surface area contributed by atoms with Crippen molar-refractivity contribution >= 4 is 44.7 Å². The third-order valence-electron chi connectivity index (χ3n) is 1.95. The molecule has 0 radical (unpaired) electrons. The molecular formula is C11H9BrFNS2. The summed E-state index contributed by atoms with van der Waals surface area (Å²) in [5.74, 6) is 0.536. The lowest BCUT2D eigenvalue weighted by atomic mass is 10.3. The van der Waals surface area contributed by atoms with Crippen molar-refractivity contribution in [3.05, 3.63) is 44.8 Å². The van der Waals surface area contributed by atoms with Crippen LogP contribution in [0.3, 0.4) is 0 Å². The maximum absolute atomic E-state index is 13.1. The Hall–Kier alpha value is -0.520. The highest BCUT2D eigenvalue weighted by molar-refractivity contribution is 9.10. The zero-order chi connectivity index (χ0) is 11.5. The largest absolute Gasteiger partial charge is 0.399 e. The SMILES string of the molecule is Nc1cc(F)cc(SCc2sccc2Br)c1. The van der Waals surface area contributed by atoms with Gasteiger partial charge in [-0.3, -0.25) is 0 Å². The first-order chi connectivity index (χ1) is 7.65. The number of nitrogen functional groups attached to an aromatic ring is 1. The summed E-state index contributed by atoms with van der Waals surface area (Å²) in [6.07, 6.45) is 0. The third-order valence-corrected chi connectivity index (χ3v) is 5.07. The minimum Gasteiger partial charge on any atom is -0.399 e. The average Bonchev–Trinajstić information content (AvgIpc) is 2.59. The van der Waals surface area contributed by atoms with Gasteiger partial charge in [0.25, 0.3) is 0 Å². The fraction of sp³-hybridized carbons (Fsp3) is 0.0909. The Morgan fingerprint density at radius 1 is 1.38 bits per heavy atom. The van der Waals surface area contributed by atoms with Gasteiger partial charge >= 0.3 is 0 Å². The molecule has 0 aliphatic carbocycles. The van der Waals surface area contributed by atoms with Crippen LogP contribution in [0.4, 0.5) is 10.1 Å². The van der Waals surface area contributed by atoms with E-state index in [-0.39, 0.29) is 5.82 Å². The van der Waals surface area contributed by atoms with E-state index in [1.54, 1.807) is 29.2 Å². The second kappa shape index (κ2) is 5.21. The van der Waals surface area contributed by atoms with Gasteiger partial charge in [-0.05, 0) is 45.6 Å². The molecule has 0 aliphatic rings. The molecule has 0 bridgehead atoms. The van der Waals surface area contributed by atoms with E-state index in [0.717, 1.165) is 15.1 Å². The van der Waals surface area contributed by atoms with Gasteiger partial charge in [0.05, 0.1) is 0 Å². The van der Waals surface area contributed by atoms with Gasteiger partial charge in [0.15, 0.2) is 0 Å². The highest BCUT2D eigenvalue weighted by Gasteiger charge is 2.04. The summed E-state index contributed by atoms with van der Waals surface area (Å²) >= 11 is 6.73. The third kappa shape index (κ3) is 2.99. The van der Waals surface area contributed by atoms with Crippen LogP contribution < -0.4 is 5.73 Å². The van der Waals surface area contributed by atoms with Crippen molar-refractivity contribution in [1.29, 1.82) is 0 Å². The minimum absolute atomic E-state index is 0.284. The van der Waals surface area contributed by atoms with Crippen LogP contribution >= 0.6 is 39.0 Å². The maximum Gasteiger partial charge on any atom is 0.126 e. The first-order valence-corrected chi connectivity index (χ1v) is 7.22. The van der Waals surface area contributed by atoms with E-state index in [1.165, 1.54) is 17.0 Å². The van der Waals surface area contributed by atoms with Crippen molar-refractivity contribution in [3.8, 4) is 0 Å². The van der Waals surface area contributed by atoms with Gasteiger partial charge in [0.2, 0.25) is 0 Å². The van der Waals surface area contributed by atoms with E-state index in [0.29, 0.717) is 5.69 Å². The Bertz CT molecular complexity index is 478. The van der Waals surface area contributed by atoms with Crippen molar-refractivity contribution in [2.45, 2.75) is 10.6 Å². The molecule has 0 saturated heterocycles. The van der Waals surface area contributed by atoms with E-state index >= 15 is 0 Å². The van der Waals surface area contributed by atoms with Gasteiger partial charge in [0, 0.05) is 25.7 Å². The second-order valence-corrected chi connectivity index (χ2v) is 6.10. The van der Waals surface area contributed by atoms with Crippen LogP contribution in [0.5, 0.6) is 0 Å². The molecule has 5 heteroatoms. The number of anilines is 1. The summed E-state index contributed by atoms with van der Waals surface area (Å²) in [5, 5.41) is 2.03. The van der Waals surface area contributed by atoms with Crippen LogP contribution in [0.25, 0.3) is 0 Å². The number of thioether (sulfide) groups is 1. The maximum atomic E-state index is 13.1. The van der Waals surface area contributed by atoms with Crippen molar-refractivity contribution < 1.29 is 4.39 Å². The van der Waals surface area contributed by atoms with E-state index in [1.807, 2.05) is 11.4 Å². The Morgan fingerprint density at radius 3 is 2.81 bits per heavy atom. The average molecular weight is 318 g/mol. The van der Waals surface area contributed by atoms with Gasteiger partial charge in [-0.25, -0.2) is 4.39 Å². The lowest BCUT2D eigenvalue weighted by molar-refractivity contribution is 0.625. The van der Waals surface area contributed by atoms with Gasteiger partial charge in [0.1, 0.15) is 5.82 Å². The smallest absolute Gasteiger partial charge is 0.126 e. The molecule has 0 unspecified atom stereocenters. The first kappa shape index (κ1) is 12.0. The van der Waals surface area contributed by atoms with Crippen LogP contribution in [0.2, 0.25) is 0 Å². The lowest BCUT2D eigenvalue weighted by Gasteiger charge is -2.02. The number of halogens is 2. The molecule has 1 heterocycles. The van der Waals surface area contributed by atoms with Crippen LogP contribution in [0.15, 0.2) is 39.0 Å². The van der Waals surface area contributed by atoms with Crippen LogP contribution in [-0.4, -0.2) is 0 Å². The normalized spacial score (nSPS) is 10.6. The summed E-state index contributed by atoms with van der Waals surface area (Å²) in [6.45, 7) is 0. The van der Waals surface area contributed by atoms with E-state index in [4.69, 9.17) is 5.73 Å². The predicted molar refractivity (Wildman–Crippen MR) is 72.4 cm³/mol. The Kier molecular flexibility index (Phi) is 3.89. The quantitative estimate of drug-likeness (QED) is 0.665. The van der Waals surface area contributed by atoms with Crippen LogP contribution in [0, 0.1) is 5.82 Å². The zero-order valence-electron chi connectivity index (χ0n) is 8.24. The molecule has 0 aliphatic heterocycles. The Morgan fingerprint density at radius 2 is 2.19 bits per heavy atom. The molecule has 0 amide bonds. The van der Waals surface area contributed by atoms with Crippen LogP contribution in [0.1, 0.15) is 4.88 Å². The number of hydrogen-bond donors (Lipinski definition) is 1. The molecule has 0 spiro atoms. The van der Waals surface area contributed by atoms with E-state index in [2.05, 4.69) is 15.9 Å². The minimum atomic E-state index is -0.284. The van der Waals surface area contributed by atoms with Gasteiger partial charge in [-0.2, -0.15) is 0 Å². The standard InChI is InChI=1S/C11H9BrFNS2/c12-10-1-2-15-11(10)6-16-9-4-7(13)3-8(14)5-9/h1-5H,6,14H2. The lowest BCUT2D eigenvalue weighted by Crippen LogP contribution is -1.87. The number of hydrogen-bond acceptors (Lipinski definition) is 3. The number of benzene rings is 1. The van der Waals surface area contributed by atoms with Crippen LogP contribution in [-0.2, 0) is 5.75 Å². The van der Waals surface area contributed by atoms with E-state index in [9.17, 15) is 4.39 Å². The summed E-state index contributed by atoms with van der Waals surface area (Å²) in [7, 11) is 0. The number of thiophene rings is 1. The molecule has 0 fully saturated rings. The molecule has 1 nitrogen and oxygen atoms in total. The van der Waals surface area contributed by atoms with Crippen molar-refractivity contribution in [2.75, 3.05) is 5.73 Å². The summed E-state index contributed by atoms with van der Waals surface area (Å²) < 4.78 is 14.2. The summed E-state index contributed by atoms with van der Waals surface area (Å²) in [4.78, 5) is 2.10. The molecule has 2 aromatic rings. The van der Waals surface area contributed by atoms with E-state index < -0.39 is 0 Å². The first-order valence-electron chi connectivity index (χ1n) is 4.56. The molecule has 2 N–H and O–H groups in total. The van der Waals surface area contributed by atoms with Gasteiger partial charge in [-0.1, -0.05) is 0 Å². The zero-order valence-corrected chi connectivity index (χ0v) is 11.5. The molecule has 1 aromatic carbocycles. The molecular weight excluding hydrogens is 309 g/mol.